The fourth-order valence-corrected chi connectivity index (χ4v) is 3.26. The van der Waals surface area contributed by atoms with Gasteiger partial charge in [0, 0.05) is 55.8 Å². The number of alkyl halides is 3. The van der Waals surface area contributed by atoms with Crippen molar-refractivity contribution in [2.75, 3.05) is 19.4 Å². The Morgan fingerprint density at radius 1 is 1.30 bits per heavy atom. The smallest absolute Gasteiger partial charge is 0.422 e. The van der Waals surface area contributed by atoms with Gasteiger partial charge in [-0.25, -0.2) is 23.4 Å². The molecule has 11 heteroatoms. The van der Waals surface area contributed by atoms with Gasteiger partial charge in [-0.05, 0) is 6.07 Å². The third-order valence-corrected chi connectivity index (χ3v) is 4.80. The normalized spacial score (nSPS) is 15.4. The molecule has 1 aliphatic heterocycles. The molecular weight excluding hydrogens is 385 g/mol. The van der Waals surface area contributed by atoms with Crippen molar-refractivity contribution in [3.8, 4) is 5.88 Å². The van der Waals surface area contributed by atoms with Crippen LogP contribution in [-0.2, 0) is 29.3 Å². The van der Waals surface area contributed by atoms with Gasteiger partial charge in [-0.15, -0.1) is 0 Å². The molecule has 27 heavy (non-hydrogen) atoms. The Hall–Kier alpha value is -2.27. The Labute approximate surface area is 154 Å². The molecule has 0 radical (unpaired) electrons. The highest BCUT2D eigenvalue weighted by atomic mass is 32.2. The quantitative estimate of drug-likeness (QED) is 0.705. The topological polar surface area (TPSA) is 85.3 Å². The Bertz CT molecular complexity index is 935. The van der Waals surface area contributed by atoms with Gasteiger partial charge in [0.25, 0.3) is 0 Å². The van der Waals surface area contributed by atoms with Crippen LogP contribution in [-0.4, -0.2) is 53.9 Å². The maximum Gasteiger partial charge on any atom is 0.422 e. The van der Waals surface area contributed by atoms with Crippen LogP contribution in [0.1, 0.15) is 16.8 Å². The predicted octanol–water partition coefficient (Wildman–Crippen LogP) is 1.77. The first-order valence-corrected chi connectivity index (χ1v) is 9.91. The summed E-state index contributed by atoms with van der Waals surface area (Å²) in [5.41, 5.74) is 2.00. The minimum absolute atomic E-state index is 0.0516. The van der Waals surface area contributed by atoms with E-state index in [1.165, 1.54) is 12.4 Å². The van der Waals surface area contributed by atoms with Gasteiger partial charge in [-0.2, -0.15) is 13.2 Å². The Kier molecular flexibility index (Phi) is 5.33. The number of hydrogen-bond donors (Lipinski definition) is 0. The first-order chi connectivity index (χ1) is 12.6. The number of rotatable bonds is 5. The van der Waals surface area contributed by atoms with E-state index in [-0.39, 0.29) is 11.0 Å². The average molecular weight is 402 g/mol. The molecule has 146 valence electrons. The van der Waals surface area contributed by atoms with Crippen LogP contribution in [0.3, 0.4) is 0 Å². The van der Waals surface area contributed by atoms with E-state index < -0.39 is 22.6 Å². The number of halogens is 3. The molecule has 0 amide bonds. The number of sulfone groups is 1. The summed E-state index contributed by atoms with van der Waals surface area (Å²) in [6.07, 6.45) is -0.0158. The van der Waals surface area contributed by atoms with Gasteiger partial charge in [0.2, 0.25) is 20.9 Å². The molecule has 0 saturated heterocycles. The van der Waals surface area contributed by atoms with Crippen molar-refractivity contribution in [3.63, 3.8) is 0 Å². The molecule has 7 nitrogen and oxygen atoms in total. The number of nitrogens with zero attached hydrogens (tertiary/aromatic N) is 4. The van der Waals surface area contributed by atoms with Gasteiger partial charge in [-0.1, -0.05) is 6.07 Å². The molecule has 1 aliphatic rings. The maximum atomic E-state index is 12.4. The van der Waals surface area contributed by atoms with Crippen LogP contribution < -0.4 is 4.74 Å². The molecule has 3 rings (SSSR count). The third kappa shape index (κ3) is 5.13. The van der Waals surface area contributed by atoms with Gasteiger partial charge >= 0.3 is 6.18 Å². The van der Waals surface area contributed by atoms with Crippen molar-refractivity contribution in [3.05, 3.63) is 41.3 Å². The van der Waals surface area contributed by atoms with Crippen molar-refractivity contribution >= 4 is 9.84 Å². The number of aromatic nitrogens is 3. The average Bonchev–Trinajstić information content (AvgIpc) is 2.59. The van der Waals surface area contributed by atoms with Crippen LogP contribution in [0.4, 0.5) is 13.2 Å². The van der Waals surface area contributed by atoms with Crippen LogP contribution in [0.5, 0.6) is 5.88 Å². The summed E-state index contributed by atoms with van der Waals surface area (Å²) < 4.78 is 65.1. The van der Waals surface area contributed by atoms with Gasteiger partial charge in [0.05, 0.1) is 5.69 Å². The first-order valence-electron chi connectivity index (χ1n) is 8.02. The molecule has 2 aromatic heterocycles. The zero-order chi connectivity index (χ0) is 19.7. The van der Waals surface area contributed by atoms with Crippen molar-refractivity contribution in [2.24, 2.45) is 0 Å². The van der Waals surface area contributed by atoms with Crippen LogP contribution in [0, 0.1) is 0 Å². The molecule has 0 spiro atoms. The second-order valence-electron chi connectivity index (χ2n) is 6.23. The van der Waals surface area contributed by atoms with E-state index >= 15 is 0 Å². The van der Waals surface area contributed by atoms with Gasteiger partial charge in [0.1, 0.15) is 0 Å². The number of hydrogen-bond acceptors (Lipinski definition) is 7. The summed E-state index contributed by atoms with van der Waals surface area (Å²) in [6.45, 7) is -0.0376. The zero-order valence-corrected chi connectivity index (χ0v) is 15.2. The Morgan fingerprint density at radius 2 is 2.07 bits per heavy atom. The SMILES string of the molecule is CS(=O)(=O)c1ncc2c(n1)CCN(Cc1cccnc1OCC(F)(F)F)C2. The molecule has 0 aliphatic carbocycles. The van der Waals surface area contributed by atoms with Crippen molar-refractivity contribution in [1.29, 1.82) is 0 Å². The predicted molar refractivity (Wildman–Crippen MR) is 88.7 cm³/mol. The molecular formula is C16H17F3N4O3S. The second-order valence-corrected chi connectivity index (χ2v) is 8.14. The second kappa shape index (κ2) is 7.39. The van der Waals surface area contributed by atoms with E-state index in [9.17, 15) is 21.6 Å². The lowest BCUT2D eigenvalue weighted by Crippen LogP contribution is -2.31. The summed E-state index contributed by atoms with van der Waals surface area (Å²) in [7, 11) is -3.47. The number of pyridine rings is 1. The molecule has 3 heterocycles. The first kappa shape index (κ1) is 19.5. The lowest BCUT2D eigenvalue weighted by molar-refractivity contribution is -0.154. The fourth-order valence-electron chi connectivity index (χ4n) is 2.74. The van der Waals surface area contributed by atoms with Crippen molar-refractivity contribution in [2.45, 2.75) is 30.8 Å². The summed E-state index contributed by atoms with van der Waals surface area (Å²) in [4.78, 5) is 13.9. The van der Waals surface area contributed by atoms with Crippen LogP contribution in [0.2, 0.25) is 0 Å². The third-order valence-electron chi connectivity index (χ3n) is 3.94. The molecule has 0 bridgehead atoms. The Balaban J connectivity index is 1.72. The van der Waals surface area contributed by atoms with E-state index in [0.717, 1.165) is 11.8 Å². The minimum Gasteiger partial charge on any atom is -0.468 e. The highest BCUT2D eigenvalue weighted by molar-refractivity contribution is 7.90. The zero-order valence-electron chi connectivity index (χ0n) is 14.4. The maximum absolute atomic E-state index is 12.4. The summed E-state index contributed by atoms with van der Waals surface area (Å²) >= 11 is 0. The van der Waals surface area contributed by atoms with E-state index in [4.69, 9.17) is 4.74 Å². The van der Waals surface area contributed by atoms with Gasteiger partial charge < -0.3 is 4.74 Å². The lowest BCUT2D eigenvalue weighted by Gasteiger charge is -2.28. The standard InChI is InChI=1S/C16H17F3N4O3S/c1-27(24,25)15-21-7-12-9-23(6-4-13(12)22-15)8-11-3-2-5-20-14(11)26-10-16(17,18)19/h2-3,5,7H,4,6,8-10H2,1H3. The molecule has 0 atom stereocenters. The molecule has 0 unspecified atom stereocenters. The number of ether oxygens (including phenoxy) is 1. The van der Waals surface area contributed by atoms with E-state index in [1.54, 1.807) is 12.1 Å². The van der Waals surface area contributed by atoms with E-state index in [0.29, 0.717) is 37.3 Å². The molecule has 0 aromatic carbocycles. The largest absolute Gasteiger partial charge is 0.468 e. The molecule has 2 aromatic rings. The van der Waals surface area contributed by atoms with Crippen LogP contribution in [0.25, 0.3) is 0 Å². The van der Waals surface area contributed by atoms with E-state index in [1.807, 2.05) is 4.90 Å². The van der Waals surface area contributed by atoms with Crippen LogP contribution in [0.15, 0.2) is 29.7 Å². The number of fused-ring (bicyclic) bond motifs is 1. The molecule has 0 fully saturated rings. The van der Waals surface area contributed by atoms with Gasteiger partial charge in [0.15, 0.2) is 6.61 Å². The Morgan fingerprint density at radius 3 is 2.78 bits per heavy atom. The summed E-state index contributed by atoms with van der Waals surface area (Å²) in [5.74, 6) is -0.0516. The monoisotopic (exact) mass is 402 g/mol. The lowest BCUT2D eigenvalue weighted by atomic mass is 10.1. The minimum atomic E-state index is -4.44. The van der Waals surface area contributed by atoms with Crippen LogP contribution >= 0.6 is 0 Å². The fraction of sp³-hybridized carbons (Fsp3) is 0.438. The summed E-state index contributed by atoms with van der Waals surface area (Å²) in [5, 5.41) is -0.204. The van der Waals surface area contributed by atoms with Gasteiger partial charge in [-0.3, -0.25) is 4.90 Å². The van der Waals surface area contributed by atoms with E-state index in [2.05, 4.69) is 15.0 Å². The summed E-state index contributed by atoms with van der Waals surface area (Å²) in [6, 6.07) is 3.30. The molecule has 0 N–H and O–H groups in total. The van der Waals surface area contributed by atoms with Crippen molar-refractivity contribution in [1.82, 2.24) is 19.9 Å². The highest BCUT2D eigenvalue weighted by Crippen LogP contribution is 2.24. The highest BCUT2D eigenvalue weighted by Gasteiger charge is 2.29. The van der Waals surface area contributed by atoms with Crippen molar-refractivity contribution < 1.29 is 26.3 Å². The molecule has 0 saturated carbocycles.